The zero-order chi connectivity index (χ0) is 26.8. The maximum atomic E-state index is 13.6. The molecule has 1 aliphatic carbocycles. The highest BCUT2D eigenvalue weighted by Crippen LogP contribution is 2.31. The highest BCUT2D eigenvalue weighted by Gasteiger charge is 2.36. The zero-order valence-electron chi connectivity index (χ0n) is 21.9. The summed E-state index contributed by atoms with van der Waals surface area (Å²) >= 11 is 1.64. The van der Waals surface area contributed by atoms with Crippen molar-refractivity contribution in [3.63, 3.8) is 0 Å². The normalized spacial score (nSPS) is 21.8. The van der Waals surface area contributed by atoms with E-state index in [-0.39, 0.29) is 30.6 Å². The average Bonchev–Trinajstić information content (AvgIpc) is 3.58. The number of hydrogen-bond acceptors (Lipinski definition) is 8. The third-order valence-electron chi connectivity index (χ3n) is 7.27. The van der Waals surface area contributed by atoms with E-state index in [1.54, 1.807) is 29.5 Å². The molecule has 4 bridgehead atoms. The third kappa shape index (κ3) is 6.51. The van der Waals surface area contributed by atoms with E-state index in [4.69, 9.17) is 14.2 Å². The van der Waals surface area contributed by atoms with Crippen LogP contribution in [0.15, 0.2) is 48.0 Å². The smallest absolute Gasteiger partial charge is 0.258 e. The molecule has 0 spiro atoms. The minimum Gasteiger partial charge on any atom is -0.493 e. The van der Waals surface area contributed by atoms with Gasteiger partial charge in [0.2, 0.25) is 0 Å². The first-order chi connectivity index (χ1) is 19.0. The highest BCUT2D eigenvalue weighted by molar-refractivity contribution is 7.09. The van der Waals surface area contributed by atoms with Crippen LogP contribution in [-0.2, 0) is 17.9 Å². The minimum atomic E-state index is -0.249. The number of aryl methyl sites for hydroxylation is 1. The Labute approximate surface area is 231 Å². The number of carbonyl (C=O) groups excluding carboxylic acids is 2. The first-order valence-electron chi connectivity index (χ1n) is 13.3. The van der Waals surface area contributed by atoms with E-state index in [1.165, 1.54) is 4.88 Å². The van der Waals surface area contributed by atoms with E-state index >= 15 is 0 Å². The van der Waals surface area contributed by atoms with Crippen molar-refractivity contribution in [2.75, 3.05) is 26.3 Å². The highest BCUT2D eigenvalue weighted by atomic mass is 32.1. The molecule has 2 fully saturated rings. The fourth-order valence-electron chi connectivity index (χ4n) is 4.80. The number of nitrogens with zero attached hydrogens (tertiary/aromatic N) is 2. The summed E-state index contributed by atoms with van der Waals surface area (Å²) < 4.78 is 18.2. The predicted octanol–water partition coefficient (Wildman–Crippen LogP) is 3.31. The van der Waals surface area contributed by atoms with E-state index in [0.717, 1.165) is 36.4 Å². The number of aromatic nitrogens is 1. The number of carbonyl (C=O) groups is 2. The molecule has 2 amide bonds. The van der Waals surface area contributed by atoms with Gasteiger partial charge in [0.15, 0.2) is 6.61 Å². The van der Waals surface area contributed by atoms with Crippen molar-refractivity contribution in [3.8, 4) is 17.2 Å². The van der Waals surface area contributed by atoms with Gasteiger partial charge in [-0.05, 0) is 55.5 Å². The van der Waals surface area contributed by atoms with Crippen LogP contribution < -0.4 is 24.8 Å². The molecule has 3 aromatic rings. The molecule has 0 unspecified atom stereocenters. The number of rotatable bonds is 5. The molecule has 204 valence electrons. The van der Waals surface area contributed by atoms with Crippen molar-refractivity contribution in [3.05, 3.63) is 69.7 Å². The Morgan fingerprint density at radius 2 is 1.95 bits per heavy atom. The second-order valence-electron chi connectivity index (χ2n) is 10.4. The van der Waals surface area contributed by atoms with Gasteiger partial charge in [-0.2, -0.15) is 0 Å². The Bertz CT molecular complexity index is 1340. The lowest BCUT2D eigenvalue weighted by Gasteiger charge is -2.22. The van der Waals surface area contributed by atoms with Crippen molar-refractivity contribution >= 4 is 23.2 Å². The summed E-state index contributed by atoms with van der Waals surface area (Å²) in [6.45, 7) is 4.91. The topological polar surface area (TPSA) is 102 Å². The van der Waals surface area contributed by atoms with Crippen molar-refractivity contribution < 1.29 is 23.8 Å². The zero-order valence-corrected chi connectivity index (χ0v) is 22.7. The van der Waals surface area contributed by atoms with Gasteiger partial charge >= 0.3 is 0 Å². The second-order valence-corrected chi connectivity index (χ2v) is 11.4. The maximum Gasteiger partial charge on any atom is 0.258 e. The molecule has 3 aliphatic heterocycles. The van der Waals surface area contributed by atoms with Crippen molar-refractivity contribution in [2.45, 2.75) is 45.0 Å². The number of thiazole rings is 1. The van der Waals surface area contributed by atoms with Crippen molar-refractivity contribution in [2.24, 2.45) is 5.92 Å². The van der Waals surface area contributed by atoms with Gasteiger partial charge in [-0.3, -0.25) is 14.5 Å². The first-order valence-corrected chi connectivity index (χ1v) is 14.2. The van der Waals surface area contributed by atoms with Gasteiger partial charge in [0, 0.05) is 42.7 Å². The summed E-state index contributed by atoms with van der Waals surface area (Å²) in [5.74, 6) is 1.76. The minimum absolute atomic E-state index is 0.162. The molecule has 9 nitrogen and oxygen atoms in total. The van der Waals surface area contributed by atoms with Crippen LogP contribution in [0.2, 0.25) is 0 Å². The van der Waals surface area contributed by atoms with Crippen LogP contribution in [0.25, 0.3) is 0 Å². The fourth-order valence-corrected chi connectivity index (χ4v) is 5.62. The number of likely N-dealkylation sites (tertiary alicyclic amines) is 1. The van der Waals surface area contributed by atoms with Gasteiger partial charge in [0.05, 0.1) is 23.9 Å². The van der Waals surface area contributed by atoms with Crippen LogP contribution in [0.5, 0.6) is 17.2 Å². The number of hydrogen-bond donors (Lipinski definition) is 2. The Morgan fingerprint density at radius 1 is 1.10 bits per heavy atom. The monoisotopic (exact) mass is 548 g/mol. The Balaban J connectivity index is 1.27. The summed E-state index contributed by atoms with van der Waals surface area (Å²) in [5, 5.41) is 6.08. The molecule has 4 aliphatic rings. The Morgan fingerprint density at radius 3 is 2.72 bits per heavy atom. The van der Waals surface area contributed by atoms with Gasteiger partial charge in [0.1, 0.15) is 23.4 Å². The lowest BCUT2D eigenvalue weighted by atomic mass is 10.1. The molecule has 1 saturated carbocycles. The molecular weight excluding hydrogens is 516 g/mol. The van der Waals surface area contributed by atoms with E-state index in [1.807, 2.05) is 36.7 Å². The molecular formula is C29H32N4O5S. The summed E-state index contributed by atoms with van der Waals surface area (Å²) in [5.41, 5.74) is 4.27. The number of nitrogens with one attached hydrogen (secondary N) is 2. The van der Waals surface area contributed by atoms with Gasteiger partial charge in [-0.25, -0.2) is 4.98 Å². The molecule has 1 aromatic heterocycles. The number of amides is 2. The van der Waals surface area contributed by atoms with Crippen LogP contribution in [0.3, 0.4) is 0 Å². The van der Waals surface area contributed by atoms with Crippen LogP contribution in [0.1, 0.15) is 39.3 Å². The van der Waals surface area contributed by atoms with E-state index < -0.39 is 0 Å². The third-order valence-corrected chi connectivity index (χ3v) is 8.19. The molecule has 2 atom stereocenters. The number of ether oxygens (including phenoxy) is 3. The van der Waals surface area contributed by atoms with Gasteiger partial charge in [-0.15, -0.1) is 11.3 Å². The molecule has 0 radical (unpaired) electrons. The summed E-state index contributed by atoms with van der Waals surface area (Å²) in [6, 6.07) is 12.6. The van der Waals surface area contributed by atoms with Crippen LogP contribution in [0, 0.1) is 12.8 Å². The molecule has 2 aromatic carbocycles. The number of benzene rings is 2. The first kappa shape index (κ1) is 25.6. The summed E-state index contributed by atoms with van der Waals surface area (Å²) in [7, 11) is 0. The summed E-state index contributed by atoms with van der Waals surface area (Å²) in [4.78, 5) is 33.9. The molecule has 7 rings (SSSR count). The van der Waals surface area contributed by atoms with E-state index in [0.29, 0.717) is 49.2 Å². The SMILES string of the molecule is Cc1ncsc1CN1C[C@@H]2NC(=O)c3cc(cc(OCC4CC4)c3)OCC(=O)NCc3ccc(cc3)O[C@H]2C1. The lowest BCUT2D eigenvalue weighted by Crippen LogP contribution is -2.45. The Kier molecular flexibility index (Phi) is 7.38. The Hall–Kier alpha value is -3.63. The van der Waals surface area contributed by atoms with Gasteiger partial charge in [0.25, 0.3) is 11.8 Å². The van der Waals surface area contributed by atoms with E-state index in [9.17, 15) is 9.59 Å². The maximum absolute atomic E-state index is 13.6. The lowest BCUT2D eigenvalue weighted by molar-refractivity contribution is -0.123. The summed E-state index contributed by atoms with van der Waals surface area (Å²) in [6.07, 6.45) is 2.08. The predicted molar refractivity (Wildman–Crippen MR) is 146 cm³/mol. The van der Waals surface area contributed by atoms with Crippen LogP contribution in [-0.4, -0.2) is 60.1 Å². The average molecular weight is 549 g/mol. The van der Waals surface area contributed by atoms with Crippen LogP contribution >= 0.6 is 11.3 Å². The number of fused-ring (bicyclic) bond motifs is 7. The van der Waals surface area contributed by atoms with E-state index in [2.05, 4.69) is 20.5 Å². The van der Waals surface area contributed by atoms with Crippen LogP contribution in [0.4, 0.5) is 0 Å². The largest absolute Gasteiger partial charge is 0.493 e. The molecule has 39 heavy (non-hydrogen) atoms. The standard InChI is InChI=1S/C29H32N4O5S/c1-18-27(39-17-31-18)14-33-12-25-26(13-33)38-22-6-4-19(5-7-22)11-30-28(34)16-37-24-9-21(29(35)32-25)8-23(10-24)36-15-20-2-3-20/h4-10,17,20,25-26H,2-3,11-16H2,1H3,(H,30,34)(H,32,35)/t25-,26-/m0/s1. The van der Waals surface area contributed by atoms with Crippen molar-refractivity contribution in [1.29, 1.82) is 0 Å². The van der Waals surface area contributed by atoms with Gasteiger partial charge < -0.3 is 24.8 Å². The molecule has 10 heteroatoms. The fraction of sp³-hybridized carbons (Fsp3) is 0.414. The molecule has 1 saturated heterocycles. The quantitative estimate of drug-likeness (QED) is 0.505. The second kappa shape index (κ2) is 11.2. The van der Waals surface area contributed by atoms with Gasteiger partial charge in [-0.1, -0.05) is 12.1 Å². The van der Waals surface area contributed by atoms with Crippen molar-refractivity contribution in [1.82, 2.24) is 20.5 Å². The molecule has 4 heterocycles. The molecule has 2 N–H and O–H groups in total.